The zero-order chi connectivity index (χ0) is 21.9. The highest BCUT2D eigenvalue weighted by Crippen LogP contribution is 2.34. The first-order valence-corrected chi connectivity index (χ1v) is 9.80. The van der Waals surface area contributed by atoms with Gasteiger partial charge in [-0.05, 0) is 30.2 Å². The Kier molecular flexibility index (Phi) is 6.22. The van der Waals surface area contributed by atoms with Gasteiger partial charge >= 0.3 is 6.18 Å². The molecule has 2 amide bonds. The van der Waals surface area contributed by atoms with Gasteiger partial charge in [0.25, 0.3) is 0 Å². The minimum atomic E-state index is -4.58. The number of nitrogens with one attached hydrogen (secondary N) is 1. The van der Waals surface area contributed by atoms with E-state index in [0.29, 0.717) is 17.8 Å². The van der Waals surface area contributed by atoms with Gasteiger partial charge in [0.05, 0.1) is 23.1 Å². The number of thiazole rings is 1. The molecular formula is C20H17F3N4O2S. The van der Waals surface area contributed by atoms with Gasteiger partial charge in [-0.25, -0.2) is 4.98 Å². The molecule has 30 heavy (non-hydrogen) atoms. The summed E-state index contributed by atoms with van der Waals surface area (Å²) in [5, 5.41) is 11.8. The Morgan fingerprint density at radius 2 is 2.20 bits per heavy atom. The number of benzene rings is 1. The number of anilines is 1. The summed E-state index contributed by atoms with van der Waals surface area (Å²) in [5.74, 6) is -0.897. The zero-order valence-corrected chi connectivity index (χ0v) is 16.5. The Morgan fingerprint density at radius 1 is 1.43 bits per heavy atom. The van der Waals surface area contributed by atoms with Crippen molar-refractivity contribution in [1.82, 2.24) is 9.88 Å². The quantitative estimate of drug-likeness (QED) is 0.729. The third kappa shape index (κ3) is 4.86. The van der Waals surface area contributed by atoms with E-state index >= 15 is 0 Å². The topological polar surface area (TPSA) is 86.1 Å². The van der Waals surface area contributed by atoms with Crippen molar-refractivity contribution < 1.29 is 22.8 Å². The number of carbonyl (C=O) groups excluding carboxylic acids is 2. The molecular weight excluding hydrogens is 417 g/mol. The molecule has 10 heteroatoms. The Balaban J connectivity index is 1.68. The Labute approximate surface area is 174 Å². The van der Waals surface area contributed by atoms with Crippen LogP contribution in [-0.2, 0) is 22.2 Å². The van der Waals surface area contributed by atoms with Gasteiger partial charge in [0.15, 0.2) is 5.13 Å². The second-order valence-corrected chi connectivity index (χ2v) is 7.87. The molecule has 2 aromatic rings. The Bertz CT molecular complexity index is 1030. The van der Waals surface area contributed by atoms with Gasteiger partial charge in [-0.1, -0.05) is 12.6 Å². The molecule has 1 aliphatic heterocycles. The molecule has 0 spiro atoms. The van der Waals surface area contributed by atoms with Crippen molar-refractivity contribution >= 4 is 28.3 Å². The lowest BCUT2D eigenvalue weighted by Crippen LogP contribution is -2.30. The predicted octanol–water partition coefficient (Wildman–Crippen LogP) is 3.60. The maximum Gasteiger partial charge on any atom is 0.416 e. The van der Waals surface area contributed by atoms with Crippen molar-refractivity contribution in [3.05, 3.63) is 58.6 Å². The molecule has 3 rings (SSSR count). The highest BCUT2D eigenvalue weighted by Gasteiger charge is 2.34. The lowest BCUT2D eigenvalue weighted by molar-refractivity contribution is -0.138. The molecule has 0 saturated carbocycles. The molecule has 1 fully saturated rings. The Hall–Kier alpha value is -3.19. The molecule has 1 aromatic heterocycles. The standard InChI is InChI=1S/C20H17F3N4O2S/c1-2-17(28)27-6-5-14(11-27)18(29)26-19-25-10-15(30-19)8-13-4-3-12(9-24)7-16(13)20(21,22)23/h2-4,7,10,14H,1,5-6,8,11H2,(H,25,26,29). The van der Waals surface area contributed by atoms with Crippen LogP contribution in [-0.4, -0.2) is 34.8 Å². The summed E-state index contributed by atoms with van der Waals surface area (Å²) >= 11 is 1.08. The van der Waals surface area contributed by atoms with Gasteiger partial charge in [0.1, 0.15) is 0 Å². The van der Waals surface area contributed by atoms with Crippen LogP contribution >= 0.6 is 11.3 Å². The molecule has 156 valence electrons. The first-order valence-electron chi connectivity index (χ1n) is 8.98. The van der Waals surface area contributed by atoms with E-state index in [1.807, 2.05) is 0 Å². The summed E-state index contributed by atoms with van der Waals surface area (Å²) in [6.07, 6.45) is -1.48. The average Bonchev–Trinajstić information content (AvgIpc) is 3.36. The lowest BCUT2D eigenvalue weighted by Gasteiger charge is -2.13. The Morgan fingerprint density at radius 3 is 2.87 bits per heavy atom. The monoisotopic (exact) mass is 434 g/mol. The number of rotatable bonds is 5. The van der Waals surface area contributed by atoms with Crippen LogP contribution in [0.25, 0.3) is 0 Å². The van der Waals surface area contributed by atoms with E-state index in [1.165, 1.54) is 29.3 Å². The number of likely N-dealkylation sites (tertiary alicyclic amines) is 1. The van der Waals surface area contributed by atoms with E-state index in [-0.39, 0.29) is 47.0 Å². The fourth-order valence-corrected chi connectivity index (χ4v) is 4.05. The highest BCUT2D eigenvalue weighted by molar-refractivity contribution is 7.15. The normalized spacial score (nSPS) is 16.2. The van der Waals surface area contributed by atoms with Crippen molar-refractivity contribution in [3.63, 3.8) is 0 Å². The largest absolute Gasteiger partial charge is 0.416 e. The van der Waals surface area contributed by atoms with Gasteiger partial charge in [0.2, 0.25) is 11.8 Å². The third-order valence-electron chi connectivity index (χ3n) is 4.74. The minimum absolute atomic E-state index is 0.0254. The molecule has 0 radical (unpaired) electrons. The fourth-order valence-electron chi connectivity index (χ4n) is 3.21. The van der Waals surface area contributed by atoms with Crippen LogP contribution in [0.5, 0.6) is 0 Å². The maximum atomic E-state index is 13.3. The van der Waals surface area contributed by atoms with Crippen molar-refractivity contribution in [2.24, 2.45) is 5.92 Å². The van der Waals surface area contributed by atoms with Gasteiger partial charge < -0.3 is 10.2 Å². The number of hydrogen-bond donors (Lipinski definition) is 1. The average molecular weight is 434 g/mol. The predicted molar refractivity (Wildman–Crippen MR) is 105 cm³/mol. The van der Waals surface area contributed by atoms with Gasteiger partial charge in [0, 0.05) is 30.6 Å². The summed E-state index contributed by atoms with van der Waals surface area (Å²) in [7, 11) is 0. The van der Waals surface area contributed by atoms with Crippen molar-refractivity contribution in [1.29, 1.82) is 5.26 Å². The lowest BCUT2D eigenvalue weighted by atomic mass is 10.0. The highest BCUT2D eigenvalue weighted by atomic mass is 32.1. The number of carbonyl (C=O) groups is 2. The molecule has 1 atom stereocenters. The number of nitriles is 1. The van der Waals surface area contributed by atoms with E-state index in [9.17, 15) is 22.8 Å². The van der Waals surface area contributed by atoms with Crippen molar-refractivity contribution in [2.45, 2.75) is 19.0 Å². The molecule has 6 nitrogen and oxygen atoms in total. The number of aromatic nitrogens is 1. The van der Waals surface area contributed by atoms with E-state index in [4.69, 9.17) is 5.26 Å². The van der Waals surface area contributed by atoms with E-state index in [2.05, 4.69) is 16.9 Å². The molecule has 1 saturated heterocycles. The van der Waals surface area contributed by atoms with Gasteiger partial charge in [-0.15, -0.1) is 11.3 Å². The molecule has 0 bridgehead atoms. The van der Waals surface area contributed by atoms with Crippen LogP contribution in [0.1, 0.15) is 28.0 Å². The van der Waals surface area contributed by atoms with Crippen molar-refractivity contribution in [2.75, 3.05) is 18.4 Å². The van der Waals surface area contributed by atoms with E-state index in [0.717, 1.165) is 17.4 Å². The van der Waals surface area contributed by atoms with Crippen LogP contribution in [0.4, 0.5) is 18.3 Å². The summed E-state index contributed by atoms with van der Waals surface area (Å²) < 4.78 is 40.0. The van der Waals surface area contributed by atoms with Gasteiger partial charge in [-0.3, -0.25) is 9.59 Å². The molecule has 1 aliphatic rings. The molecule has 1 aromatic carbocycles. The summed E-state index contributed by atoms with van der Waals surface area (Å²) in [6.45, 7) is 4.17. The minimum Gasteiger partial charge on any atom is -0.338 e. The molecule has 1 N–H and O–H groups in total. The molecule has 1 unspecified atom stereocenters. The summed E-state index contributed by atoms with van der Waals surface area (Å²) in [5.41, 5.74) is -0.903. The van der Waals surface area contributed by atoms with Crippen LogP contribution in [0, 0.1) is 17.2 Å². The number of hydrogen-bond acceptors (Lipinski definition) is 5. The van der Waals surface area contributed by atoms with Crippen molar-refractivity contribution in [3.8, 4) is 6.07 Å². The van der Waals surface area contributed by atoms with Crippen LogP contribution in [0.15, 0.2) is 37.1 Å². The van der Waals surface area contributed by atoms with Crippen LogP contribution in [0.3, 0.4) is 0 Å². The first kappa shape index (κ1) is 21.5. The van der Waals surface area contributed by atoms with Gasteiger partial charge in [-0.2, -0.15) is 18.4 Å². The smallest absolute Gasteiger partial charge is 0.338 e. The van der Waals surface area contributed by atoms with E-state index in [1.54, 1.807) is 6.07 Å². The summed E-state index contributed by atoms with van der Waals surface area (Å²) in [6, 6.07) is 5.16. The molecule has 2 heterocycles. The van der Waals surface area contributed by atoms with Crippen LogP contribution in [0.2, 0.25) is 0 Å². The second-order valence-electron chi connectivity index (χ2n) is 6.75. The summed E-state index contributed by atoms with van der Waals surface area (Å²) in [4.78, 5) is 30.2. The third-order valence-corrected chi connectivity index (χ3v) is 5.65. The SMILES string of the molecule is C=CC(=O)N1CCC(C(=O)Nc2ncc(Cc3ccc(C#N)cc3C(F)(F)F)s2)C1. The number of alkyl halides is 3. The van der Waals surface area contributed by atoms with Crippen LogP contribution < -0.4 is 5.32 Å². The maximum absolute atomic E-state index is 13.3. The number of nitrogens with zero attached hydrogens (tertiary/aromatic N) is 3. The number of amides is 2. The number of halogens is 3. The van der Waals surface area contributed by atoms with E-state index < -0.39 is 11.7 Å². The first-order chi connectivity index (χ1) is 14.2. The second kappa shape index (κ2) is 8.67. The molecule has 0 aliphatic carbocycles. The zero-order valence-electron chi connectivity index (χ0n) is 15.7. The fraction of sp³-hybridized carbons (Fsp3) is 0.300.